The minimum absolute atomic E-state index is 0.0916. The summed E-state index contributed by atoms with van der Waals surface area (Å²) in [6.07, 6.45) is 4.54. The molecule has 9 heteroatoms. The van der Waals surface area contributed by atoms with Crippen LogP contribution in [0, 0.1) is 17.2 Å². The van der Waals surface area contributed by atoms with E-state index in [-0.39, 0.29) is 17.4 Å². The SMILES string of the molecule is CC1CCc2c(sc(NC(=O)CSc3cccc(NC(=O)/C(=C\c4cccc5ccccc45)NC(=O)c4ccccc4)c3)c2C#N)C1. The van der Waals surface area contributed by atoms with Crippen molar-refractivity contribution in [2.24, 2.45) is 5.92 Å². The fraction of sp³-hybridized carbons (Fsp3) is 0.158. The van der Waals surface area contributed by atoms with Gasteiger partial charge in [-0.3, -0.25) is 14.4 Å². The number of amides is 3. The smallest absolute Gasteiger partial charge is 0.272 e. The molecule has 1 aliphatic carbocycles. The van der Waals surface area contributed by atoms with Crippen LogP contribution in [0.1, 0.15) is 45.3 Å². The average Bonchev–Trinajstić information content (AvgIpc) is 3.43. The van der Waals surface area contributed by atoms with Crippen LogP contribution in [0.2, 0.25) is 0 Å². The van der Waals surface area contributed by atoms with Crippen LogP contribution in [0.5, 0.6) is 0 Å². The number of thioether (sulfide) groups is 1. The number of rotatable bonds is 9. The summed E-state index contributed by atoms with van der Waals surface area (Å²) < 4.78 is 0. The molecule has 0 fully saturated rings. The standard InChI is InChI=1S/C38H32N4O3S2/c1-24-17-18-31-32(22-39)38(47-34(31)19-24)42-35(43)23-46-29-15-8-14-28(21-29)40-37(45)33(41-36(44)26-10-3-2-4-11-26)20-27-13-7-12-25-9-5-6-16-30(25)27/h2-16,20-21,24H,17-19,23H2,1H3,(H,40,45)(H,41,44)(H,42,43)/b33-20+. The summed E-state index contributed by atoms with van der Waals surface area (Å²) in [5.41, 5.74) is 3.50. The van der Waals surface area contributed by atoms with Gasteiger partial charge in [-0.05, 0) is 83.5 Å². The maximum Gasteiger partial charge on any atom is 0.272 e. The monoisotopic (exact) mass is 656 g/mol. The molecule has 4 aromatic carbocycles. The molecule has 3 N–H and O–H groups in total. The normalized spacial score (nSPS) is 14.1. The third kappa shape index (κ3) is 7.63. The van der Waals surface area contributed by atoms with Crippen molar-refractivity contribution >= 4 is 68.4 Å². The Morgan fingerprint density at radius 3 is 2.55 bits per heavy atom. The topological polar surface area (TPSA) is 111 Å². The molecule has 1 atom stereocenters. The summed E-state index contributed by atoms with van der Waals surface area (Å²) in [5, 5.41) is 21.0. The maximum absolute atomic E-state index is 13.7. The molecule has 0 saturated carbocycles. The molecule has 0 aliphatic heterocycles. The van der Waals surface area contributed by atoms with E-state index in [1.807, 2.05) is 54.6 Å². The molecule has 6 rings (SSSR count). The number of carbonyl (C=O) groups is 3. The lowest BCUT2D eigenvalue weighted by molar-refractivity contribution is -0.114. The van der Waals surface area contributed by atoms with Gasteiger partial charge in [0, 0.05) is 21.0 Å². The first kappa shape index (κ1) is 31.8. The third-order valence-corrected chi connectivity index (χ3v) is 10.2. The van der Waals surface area contributed by atoms with Crippen LogP contribution in [-0.2, 0) is 22.4 Å². The van der Waals surface area contributed by atoms with Crippen LogP contribution in [0.25, 0.3) is 16.8 Å². The zero-order valence-corrected chi connectivity index (χ0v) is 27.3. The number of hydrogen-bond acceptors (Lipinski definition) is 6. The van der Waals surface area contributed by atoms with Crippen molar-refractivity contribution in [3.63, 3.8) is 0 Å². The zero-order valence-electron chi connectivity index (χ0n) is 25.7. The van der Waals surface area contributed by atoms with Crippen molar-refractivity contribution in [1.29, 1.82) is 5.26 Å². The van der Waals surface area contributed by atoms with E-state index in [1.165, 1.54) is 28.0 Å². The quantitative estimate of drug-likeness (QED) is 0.110. The van der Waals surface area contributed by atoms with E-state index < -0.39 is 11.8 Å². The molecule has 47 heavy (non-hydrogen) atoms. The largest absolute Gasteiger partial charge is 0.321 e. The van der Waals surface area contributed by atoms with Gasteiger partial charge in [-0.25, -0.2) is 0 Å². The molecule has 0 spiro atoms. The Labute approximate surface area is 281 Å². The van der Waals surface area contributed by atoms with Crippen LogP contribution in [-0.4, -0.2) is 23.5 Å². The van der Waals surface area contributed by atoms with Crippen molar-refractivity contribution in [1.82, 2.24) is 5.32 Å². The summed E-state index contributed by atoms with van der Waals surface area (Å²) in [6, 6.07) is 31.9. The number of nitrogens with zero attached hydrogens (tertiary/aromatic N) is 1. The molecule has 1 heterocycles. The molecule has 0 saturated heterocycles. The molecule has 1 aliphatic rings. The fourth-order valence-corrected chi connectivity index (χ4v) is 7.74. The van der Waals surface area contributed by atoms with Gasteiger partial charge in [0.15, 0.2) is 0 Å². The summed E-state index contributed by atoms with van der Waals surface area (Å²) >= 11 is 2.84. The molecular formula is C38H32N4O3S2. The highest BCUT2D eigenvalue weighted by molar-refractivity contribution is 8.00. The first-order valence-corrected chi connectivity index (χ1v) is 17.1. The van der Waals surface area contributed by atoms with Crippen molar-refractivity contribution in [3.8, 4) is 6.07 Å². The number of nitriles is 1. The molecule has 1 unspecified atom stereocenters. The van der Waals surface area contributed by atoms with E-state index in [0.29, 0.717) is 27.7 Å². The predicted octanol–water partition coefficient (Wildman–Crippen LogP) is 8.04. The van der Waals surface area contributed by atoms with E-state index in [0.717, 1.165) is 46.1 Å². The number of thiophene rings is 1. The van der Waals surface area contributed by atoms with Gasteiger partial charge in [0.25, 0.3) is 11.8 Å². The van der Waals surface area contributed by atoms with Gasteiger partial charge in [-0.1, -0.05) is 73.7 Å². The van der Waals surface area contributed by atoms with Crippen molar-refractivity contribution in [2.75, 3.05) is 16.4 Å². The van der Waals surface area contributed by atoms with Crippen LogP contribution in [0.4, 0.5) is 10.7 Å². The average molecular weight is 657 g/mol. The zero-order chi connectivity index (χ0) is 32.8. The molecule has 0 bridgehead atoms. The van der Waals surface area contributed by atoms with Gasteiger partial charge >= 0.3 is 0 Å². The van der Waals surface area contributed by atoms with Crippen molar-refractivity contribution in [2.45, 2.75) is 31.1 Å². The number of anilines is 2. The van der Waals surface area contributed by atoms with Gasteiger partial charge < -0.3 is 16.0 Å². The van der Waals surface area contributed by atoms with Gasteiger partial charge in [-0.2, -0.15) is 5.26 Å². The van der Waals surface area contributed by atoms with Gasteiger partial charge in [0.1, 0.15) is 16.8 Å². The Kier molecular flexibility index (Phi) is 9.81. The predicted molar refractivity (Wildman–Crippen MR) is 190 cm³/mol. The Balaban J connectivity index is 1.16. The molecular weight excluding hydrogens is 625 g/mol. The lowest BCUT2D eigenvalue weighted by Gasteiger charge is -2.17. The number of benzene rings is 4. The van der Waals surface area contributed by atoms with Gasteiger partial charge in [0.05, 0.1) is 11.3 Å². The second kappa shape index (κ2) is 14.5. The Morgan fingerprint density at radius 1 is 0.957 bits per heavy atom. The molecule has 234 valence electrons. The van der Waals surface area contributed by atoms with Crippen LogP contribution in [0.3, 0.4) is 0 Å². The van der Waals surface area contributed by atoms with Gasteiger partial charge in [-0.15, -0.1) is 23.1 Å². The summed E-state index contributed by atoms with van der Waals surface area (Å²) in [6.45, 7) is 2.21. The molecule has 3 amide bonds. The second-order valence-electron chi connectivity index (χ2n) is 11.4. The summed E-state index contributed by atoms with van der Waals surface area (Å²) in [4.78, 5) is 41.7. The molecule has 5 aromatic rings. The first-order chi connectivity index (χ1) is 22.9. The van der Waals surface area contributed by atoms with Crippen LogP contribution >= 0.6 is 23.1 Å². The number of fused-ring (bicyclic) bond motifs is 2. The van der Waals surface area contributed by atoms with E-state index in [4.69, 9.17) is 0 Å². The molecule has 7 nitrogen and oxygen atoms in total. The minimum Gasteiger partial charge on any atom is -0.321 e. The highest BCUT2D eigenvalue weighted by Crippen LogP contribution is 2.39. The van der Waals surface area contributed by atoms with Gasteiger partial charge in [0.2, 0.25) is 5.91 Å². The molecule has 1 aromatic heterocycles. The minimum atomic E-state index is -0.484. The Morgan fingerprint density at radius 2 is 1.72 bits per heavy atom. The highest BCUT2D eigenvalue weighted by Gasteiger charge is 2.24. The van der Waals surface area contributed by atoms with Crippen molar-refractivity contribution < 1.29 is 14.4 Å². The van der Waals surface area contributed by atoms with Crippen molar-refractivity contribution in [3.05, 3.63) is 130 Å². The summed E-state index contributed by atoms with van der Waals surface area (Å²) in [5.74, 6) is -0.369. The lowest BCUT2D eigenvalue weighted by Crippen LogP contribution is -2.30. The van der Waals surface area contributed by atoms with E-state index in [9.17, 15) is 19.6 Å². The molecule has 0 radical (unpaired) electrons. The van der Waals surface area contributed by atoms with E-state index in [1.54, 1.807) is 48.5 Å². The Bertz CT molecular complexity index is 2040. The number of hydrogen-bond donors (Lipinski definition) is 3. The number of carbonyl (C=O) groups excluding carboxylic acids is 3. The highest BCUT2D eigenvalue weighted by atomic mass is 32.2. The fourth-order valence-electron chi connectivity index (χ4n) is 5.61. The van der Waals surface area contributed by atoms with Crippen LogP contribution in [0.15, 0.2) is 108 Å². The van der Waals surface area contributed by atoms with E-state index >= 15 is 0 Å². The third-order valence-electron chi connectivity index (χ3n) is 7.99. The first-order valence-electron chi connectivity index (χ1n) is 15.3. The summed E-state index contributed by atoms with van der Waals surface area (Å²) in [7, 11) is 0. The second-order valence-corrected chi connectivity index (χ2v) is 13.6. The van der Waals surface area contributed by atoms with E-state index in [2.05, 4.69) is 28.9 Å². The maximum atomic E-state index is 13.7. The Hall–Kier alpha value is -5.17. The number of nitrogens with one attached hydrogen (secondary N) is 3. The van der Waals surface area contributed by atoms with Crippen LogP contribution < -0.4 is 16.0 Å². The lowest BCUT2D eigenvalue weighted by atomic mass is 9.89.